The smallest absolute Gasteiger partial charge is 0.222 e. The van der Waals surface area contributed by atoms with Crippen molar-refractivity contribution in [3.05, 3.63) is 0 Å². The van der Waals surface area contributed by atoms with Gasteiger partial charge in [0.25, 0.3) is 0 Å². The van der Waals surface area contributed by atoms with Crippen LogP contribution in [-0.4, -0.2) is 24.2 Å². The maximum Gasteiger partial charge on any atom is 0.222 e. The Morgan fingerprint density at radius 2 is 2.23 bits per heavy atom. The molecule has 2 N–H and O–H groups in total. The molecule has 1 aliphatic carbocycles. The summed E-state index contributed by atoms with van der Waals surface area (Å²) in [6.45, 7) is 4.78. The molecule has 0 aliphatic heterocycles. The van der Waals surface area contributed by atoms with Crippen molar-refractivity contribution in [1.29, 1.82) is 0 Å². The molecule has 1 aliphatic rings. The molecule has 1 fully saturated rings. The molecular weight excluding hydrogens is 166 g/mol. The zero-order valence-corrected chi connectivity index (χ0v) is 8.47. The Hall–Kier alpha value is -0.570. The van der Waals surface area contributed by atoms with E-state index in [0.717, 1.165) is 19.3 Å². The number of amides is 1. The van der Waals surface area contributed by atoms with Gasteiger partial charge in [-0.15, -0.1) is 0 Å². The number of aliphatic hydroxyl groups is 1. The average Bonchev–Trinajstić information content (AvgIpc) is 2.93. The van der Waals surface area contributed by atoms with Crippen LogP contribution in [0.4, 0.5) is 0 Å². The molecule has 0 heterocycles. The lowest BCUT2D eigenvalue weighted by Crippen LogP contribution is -2.35. The van der Waals surface area contributed by atoms with Crippen molar-refractivity contribution in [2.45, 2.75) is 33.1 Å². The van der Waals surface area contributed by atoms with Crippen LogP contribution in [0.3, 0.4) is 0 Å². The van der Waals surface area contributed by atoms with Crippen LogP contribution in [0.15, 0.2) is 0 Å². The van der Waals surface area contributed by atoms with Crippen molar-refractivity contribution in [3.8, 4) is 0 Å². The zero-order chi connectivity index (χ0) is 9.90. The maximum absolute atomic E-state index is 11.4. The van der Waals surface area contributed by atoms with Crippen LogP contribution < -0.4 is 5.32 Å². The van der Waals surface area contributed by atoms with E-state index in [1.165, 1.54) is 0 Å². The minimum atomic E-state index is 0.0309. The minimum absolute atomic E-state index is 0.0309. The molecule has 0 aromatic heterocycles. The Labute approximate surface area is 79.5 Å². The average molecular weight is 185 g/mol. The Morgan fingerprint density at radius 1 is 1.62 bits per heavy atom. The number of hydrogen-bond donors (Lipinski definition) is 2. The minimum Gasteiger partial charge on any atom is -0.396 e. The largest absolute Gasteiger partial charge is 0.396 e. The summed E-state index contributed by atoms with van der Waals surface area (Å²) in [5.41, 5.74) is 0.0309. The lowest BCUT2D eigenvalue weighted by Gasteiger charge is -2.15. The van der Waals surface area contributed by atoms with Gasteiger partial charge in [0.05, 0.1) is 6.61 Å². The predicted octanol–water partition coefficient (Wildman–Crippen LogP) is 0.921. The number of carbonyl (C=O) groups excluding carboxylic acids is 1. The third kappa shape index (κ3) is 2.69. The van der Waals surface area contributed by atoms with E-state index in [0.29, 0.717) is 6.54 Å². The van der Waals surface area contributed by atoms with Crippen LogP contribution >= 0.6 is 0 Å². The van der Waals surface area contributed by atoms with Gasteiger partial charge in [-0.3, -0.25) is 4.79 Å². The van der Waals surface area contributed by atoms with Gasteiger partial charge in [0.2, 0.25) is 5.91 Å². The Morgan fingerprint density at radius 3 is 2.62 bits per heavy atom. The summed E-state index contributed by atoms with van der Waals surface area (Å²) in [6.07, 6.45) is 2.96. The highest BCUT2D eigenvalue weighted by Gasteiger charge is 2.42. The fourth-order valence-electron chi connectivity index (χ4n) is 1.20. The monoisotopic (exact) mass is 185 g/mol. The molecule has 0 bridgehead atoms. The highest BCUT2D eigenvalue weighted by molar-refractivity contribution is 5.78. The molecular formula is C10H19NO2. The van der Waals surface area contributed by atoms with Crippen LogP contribution in [0.25, 0.3) is 0 Å². The topological polar surface area (TPSA) is 49.3 Å². The fraction of sp³-hybridized carbons (Fsp3) is 0.900. The van der Waals surface area contributed by atoms with Gasteiger partial charge in [-0.1, -0.05) is 13.8 Å². The summed E-state index contributed by atoms with van der Waals surface area (Å²) < 4.78 is 0. The van der Waals surface area contributed by atoms with Crippen molar-refractivity contribution in [2.24, 2.45) is 11.3 Å². The molecule has 3 nitrogen and oxygen atoms in total. The summed E-state index contributed by atoms with van der Waals surface area (Å²) in [7, 11) is 0. The molecule has 1 atom stereocenters. The first-order valence-electron chi connectivity index (χ1n) is 5.02. The van der Waals surface area contributed by atoms with E-state index in [1.54, 1.807) is 0 Å². The molecule has 0 aromatic carbocycles. The van der Waals surface area contributed by atoms with Crippen LogP contribution in [-0.2, 0) is 4.79 Å². The van der Waals surface area contributed by atoms with Gasteiger partial charge in [0, 0.05) is 17.9 Å². The summed E-state index contributed by atoms with van der Waals surface area (Å²) >= 11 is 0. The van der Waals surface area contributed by atoms with E-state index in [1.807, 2.05) is 13.8 Å². The van der Waals surface area contributed by atoms with Crippen LogP contribution in [0, 0.1) is 11.3 Å². The standard InChI is InChI=1S/C10H19NO2/c1-3-8(2)9(13)11-6-10(7-12)4-5-10/h8,12H,3-7H2,1-2H3,(H,11,13). The van der Waals surface area contributed by atoms with Gasteiger partial charge >= 0.3 is 0 Å². The first-order valence-corrected chi connectivity index (χ1v) is 5.02. The lowest BCUT2D eigenvalue weighted by atomic mass is 10.1. The highest BCUT2D eigenvalue weighted by Crippen LogP contribution is 2.44. The number of carbonyl (C=O) groups is 1. The van der Waals surface area contributed by atoms with Crippen molar-refractivity contribution in [3.63, 3.8) is 0 Å². The van der Waals surface area contributed by atoms with Crippen LogP contribution in [0.5, 0.6) is 0 Å². The van der Waals surface area contributed by atoms with E-state index in [-0.39, 0.29) is 23.8 Å². The quantitative estimate of drug-likeness (QED) is 0.669. The number of aliphatic hydroxyl groups excluding tert-OH is 1. The van der Waals surface area contributed by atoms with E-state index in [4.69, 9.17) is 5.11 Å². The van der Waals surface area contributed by atoms with E-state index >= 15 is 0 Å². The lowest BCUT2D eigenvalue weighted by molar-refractivity contribution is -0.124. The van der Waals surface area contributed by atoms with Crippen LogP contribution in [0.1, 0.15) is 33.1 Å². The summed E-state index contributed by atoms with van der Waals surface area (Å²) in [5.74, 6) is 0.205. The summed E-state index contributed by atoms with van der Waals surface area (Å²) in [4.78, 5) is 11.4. The maximum atomic E-state index is 11.4. The molecule has 0 saturated heterocycles. The SMILES string of the molecule is CCC(C)C(=O)NCC1(CO)CC1. The van der Waals surface area contributed by atoms with Crippen molar-refractivity contribution in [1.82, 2.24) is 5.32 Å². The number of rotatable bonds is 5. The normalized spacial score (nSPS) is 20.8. The predicted molar refractivity (Wildman–Crippen MR) is 51.2 cm³/mol. The molecule has 13 heavy (non-hydrogen) atoms. The van der Waals surface area contributed by atoms with Gasteiger partial charge in [-0.05, 0) is 19.3 Å². The van der Waals surface area contributed by atoms with Crippen molar-refractivity contribution >= 4 is 5.91 Å². The molecule has 76 valence electrons. The highest BCUT2D eigenvalue weighted by atomic mass is 16.3. The third-order valence-corrected chi connectivity index (χ3v) is 2.99. The summed E-state index contributed by atoms with van der Waals surface area (Å²) in [5, 5.41) is 11.9. The first-order chi connectivity index (χ1) is 6.13. The number of nitrogens with one attached hydrogen (secondary N) is 1. The van der Waals surface area contributed by atoms with Crippen molar-refractivity contribution in [2.75, 3.05) is 13.2 Å². The van der Waals surface area contributed by atoms with Gasteiger partial charge in [-0.2, -0.15) is 0 Å². The molecule has 1 saturated carbocycles. The molecule has 0 radical (unpaired) electrons. The molecule has 0 aromatic rings. The molecule has 3 heteroatoms. The zero-order valence-electron chi connectivity index (χ0n) is 8.47. The van der Waals surface area contributed by atoms with E-state index < -0.39 is 0 Å². The van der Waals surface area contributed by atoms with E-state index in [9.17, 15) is 4.79 Å². The van der Waals surface area contributed by atoms with Gasteiger partial charge in [0.15, 0.2) is 0 Å². The second-order valence-corrected chi connectivity index (χ2v) is 4.19. The first kappa shape index (κ1) is 10.5. The number of hydrogen-bond acceptors (Lipinski definition) is 2. The van der Waals surface area contributed by atoms with Crippen molar-refractivity contribution < 1.29 is 9.90 Å². The van der Waals surface area contributed by atoms with E-state index in [2.05, 4.69) is 5.32 Å². The fourth-order valence-corrected chi connectivity index (χ4v) is 1.20. The molecule has 0 spiro atoms. The second kappa shape index (κ2) is 4.09. The summed E-state index contributed by atoms with van der Waals surface area (Å²) in [6, 6.07) is 0. The Balaban J connectivity index is 2.22. The third-order valence-electron chi connectivity index (χ3n) is 2.99. The molecule has 1 rings (SSSR count). The Bertz CT molecular complexity index is 187. The van der Waals surface area contributed by atoms with Crippen LogP contribution in [0.2, 0.25) is 0 Å². The van der Waals surface area contributed by atoms with Gasteiger partial charge < -0.3 is 10.4 Å². The van der Waals surface area contributed by atoms with Gasteiger partial charge in [0.1, 0.15) is 0 Å². The molecule has 1 amide bonds. The van der Waals surface area contributed by atoms with Gasteiger partial charge in [-0.25, -0.2) is 0 Å². The Kier molecular flexibility index (Phi) is 3.31. The molecule has 1 unspecified atom stereocenters. The second-order valence-electron chi connectivity index (χ2n) is 4.19.